The van der Waals surface area contributed by atoms with Gasteiger partial charge in [-0.25, -0.2) is 0 Å². The molecule has 2 aromatic rings. The summed E-state index contributed by atoms with van der Waals surface area (Å²) in [5.41, 5.74) is 2.70. The topological polar surface area (TPSA) is 25.4 Å². The van der Waals surface area contributed by atoms with Crippen LogP contribution in [0.25, 0.3) is 0 Å². The van der Waals surface area contributed by atoms with Gasteiger partial charge in [0.05, 0.1) is 0 Å². The van der Waals surface area contributed by atoms with E-state index in [1.54, 1.807) is 0 Å². The zero-order valence-electron chi connectivity index (χ0n) is 14.1. The predicted octanol–water partition coefficient (Wildman–Crippen LogP) is 4.25. The molecule has 3 nitrogen and oxygen atoms in total. The van der Waals surface area contributed by atoms with Crippen molar-refractivity contribution in [2.45, 2.75) is 45.3 Å². The third-order valence-electron chi connectivity index (χ3n) is 4.54. The van der Waals surface area contributed by atoms with Crippen LogP contribution < -0.4 is 4.74 Å². The van der Waals surface area contributed by atoms with Crippen molar-refractivity contribution in [1.29, 1.82) is 0 Å². The highest BCUT2D eigenvalue weighted by Crippen LogP contribution is 2.22. The molecule has 1 aromatic heterocycles. The predicted molar refractivity (Wildman–Crippen MR) is 93.7 cm³/mol. The van der Waals surface area contributed by atoms with Crippen LogP contribution in [0, 0.1) is 0 Å². The van der Waals surface area contributed by atoms with E-state index in [4.69, 9.17) is 4.74 Å². The molecule has 3 rings (SSSR count). The van der Waals surface area contributed by atoms with Gasteiger partial charge in [0, 0.05) is 32.0 Å². The van der Waals surface area contributed by atoms with Crippen LogP contribution in [0.15, 0.2) is 48.8 Å². The second-order valence-electron chi connectivity index (χ2n) is 6.67. The standard InChI is InChI=1S/C20H26N2O/c1-16(2)18-3-5-19(6-4-18)23-20-9-13-22(14-10-20)15-17-7-11-21-12-8-17/h3-8,11-12,16,20H,9-10,13-15H2,1-2H3. The lowest BCUT2D eigenvalue weighted by molar-refractivity contribution is 0.0968. The van der Waals surface area contributed by atoms with Crippen molar-refractivity contribution in [3.63, 3.8) is 0 Å². The third-order valence-corrected chi connectivity index (χ3v) is 4.54. The van der Waals surface area contributed by atoms with Gasteiger partial charge in [-0.05, 0) is 54.2 Å². The molecule has 1 aliphatic heterocycles. The summed E-state index contributed by atoms with van der Waals surface area (Å²) in [6, 6.07) is 12.8. The fraction of sp³-hybridized carbons (Fsp3) is 0.450. The van der Waals surface area contributed by atoms with Gasteiger partial charge in [0.2, 0.25) is 0 Å². The number of aromatic nitrogens is 1. The molecule has 0 atom stereocenters. The lowest BCUT2D eigenvalue weighted by Gasteiger charge is -2.32. The summed E-state index contributed by atoms with van der Waals surface area (Å²) in [5, 5.41) is 0. The van der Waals surface area contributed by atoms with Crippen molar-refractivity contribution in [2.24, 2.45) is 0 Å². The highest BCUT2D eigenvalue weighted by atomic mass is 16.5. The van der Waals surface area contributed by atoms with E-state index in [0.717, 1.165) is 38.2 Å². The molecule has 0 saturated carbocycles. The first-order valence-electron chi connectivity index (χ1n) is 8.58. The first-order valence-corrected chi connectivity index (χ1v) is 8.58. The van der Waals surface area contributed by atoms with Gasteiger partial charge in [0.25, 0.3) is 0 Å². The molecule has 3 heteroatoms. The Labute approximate surface area is 139 Å². The number of likely N-dealkylation sites (tertiary alicyclic amines) is 1. The van der Waals surface area contributed by atoms with E-state index in [9.17, 15) is 0 Å². The molecule has 2 heterocycles. The van der Waals surface area contributed by atoms with Crippen molar-refractivity contribution < 1.29 is 4.74 Å². The van der Waals surface area contributed by atoms with E-state index in [2.05, 4.69) is 60.1 Å². The normalized spacial score (nSPS) is 16.7. The van der Waals surface area contributed by atoms with Gasteiger partial charge in [0.15, 0.2) is 0 Å². The average Bonchev–Trinajstić information content (AvgIpc) is 2.58. The first-order chi connectivity index (χ1) is 11.2. The molecular weight excluding hydrogens is 284 g/mol. The number of ether oxygens (including phenoxy) is 1. The second kappa shape index (κ2) is 7.60. The summed E-state index contributed by atoms with van der Waals surface area (Å²) < 4.78 is 6.15. The number of benzene rings is 1. The molecule has 0 spiro atoms. The fourth-order valence-electron chi connectivity index (χ4n) is 3.06. The Morgan fingerprint density at radius 1 is 1.04 bits per heavy atom. The van der Waals surface area contributed by atoms with Gasteiger partial charge < -0.3 is 4.74 Å². The molecule has 1 aliphatic rings. The zero-order chi connectivity index (χ0) is 16.1. The summed E-state index contributed by atoms with van der Waals surface area (Å²) in [6.07, 6.45) is 6.26. The Bertz CT molecular complexity index is 587. The number of hydrogen-bond acceptors (Lipinski definition) is 3. The Morgan fingerprint density at radius 3 is 2.30 bits per heavy atom. The van der Waals surface area contributed by atoms with Crippen molar-refractivity contribution in [3.05, 3.63) is 59.9 Å². The van der Waals surface area contributed by atoms with Crippen LogP contribution in [0.4, 0.5) is 0 Å². The van der Waals surface area contributed by atoms with Crippen molar-refractivity contribution in [1.82, 2.24) is 9.88 Å². The van der Waals surface area contributed by atoms with E-state index < -0.39 is 0 Å². The largest absolute Gasteiger partial charge is 0.490 e. The molecule has 122 valence electrons. The van der Waals surface area contributed by atoms with Gasteiger partial charge in [-0.15, -0.1) is 0 Å². The molecule has 1 saturated heterocycles. The zero-order valence-corrected chi connectivity index (χ0v) is 14.1. The quantitative estimate of drug-likeness (QED) is 0.825. The van der Waals surface area contributed by atoms with Crippen LogP contribution in [0.1, 0.15) is 43.7 Å². The van der Waals surface area contributed by atoms with E-state index in [-0.39, 0.29) is 0 Å². The maximum absolute atomic E-state index is 6.15. The smallest absolute Gasteiger partial charge is 0.119 e. The average molecular weight is 310 g/mol. The van der Waals surface area contributed by atoms with E-state index in [1.807, 2.05) is 12.4 Å². The number of piperidine rings is 1. The minimum Gasteiger partial charge on any atom is -0.490 e. The highest BCUT2D eigenvalue weighted by Gasteiger charge is 2.20. The molecule has 0 radical (unpaired) electrons. The highest BCUT2D eigenvalue weighted by molar-refractivity contribution is 5.29. The molecule has 0 amide bonds. The maximum Gasteiger partial charge on any atom is 0.119 e. The van der Waals surface area contributed by atoms with Gasteiger partial charge in [-0.2, -0.15) is 0 Å². The summed E-state index contributed by atoms with van der Waals surface area (Å²) in [7, 11) is 0. The molecule has 1 fully saturated rings. The summed E-state index contributed by atoms with van der Waals surface area (Å²) in [5.74, 6) is 1.57. The molecule has 0 unspecified atom stereocenters. The molecule has 0 aliphatic carbocycles. The van der Waals surface area contributed by atoms with Gasteiger partial charge in [-0.3, -0.25) is 9.88 Å². The number of pyridine rings is 1. The Hall–Kier alpha value is -1.87. The van der Waals surface area contributed by atoms with Crippen LogP contribution in [-0.2, 0) is 6.54 Å². The Balaban J connectivity index is 1.47. The lowest BCUT2D eigenvalue weighted by atomic mass is 10.0. The molecule has 0 bridgehead atoms. The van der Waals surface area contributed by atoms with E-state index >= 15 is 0 Å². The summed E-state index contributed by atoms with van der Waals surface area (Å²) >= 11 is 0. The minimum atomic E-state index is 0.341. The summed E-state index contributed by atoms with van der Waals surface area (Å²) in [4.78, 5) is 6.57. The molecular formula is C20H26N2O. The molecule has 0 N–H and O–H groups in total. The van der Waals surface area contributed by atoms with Gasteiger partial charge >= 0.3 is 0 Å². The summed E-state index contributed by atoms with van der Waals surface area (Å²) in [6.45, 7) is 7.63. The Morgan fingerprint density at radius 2 is 1.70 bits per heavy atom. The third kappa shape index (κ3) is 4.55. The van der Waals surface area contributed by atoms with E-state index in [0.29, 0.717) is 12.0 Å². The van der Waals surface area contributed by atoms with Crippen LogP contribution in [0.2, 0.25) is 0 Å². The lowest BCUT2D eigenvalue weighted by Crippen LogP contribution is -2.37. The maximum atomic E-state index is 6.15. The fourth-order valence-corrected chi connectivity index (χ4v) is 3.06. The second-order valence-corrected chi connectivity index (χ2v) is 6.67. The first kappa shape index (κ1) is 16.0. The SMILES string of the molecule is CC(C)c1ccc(OC2CCN(Cc3ccncc3)CC2)cc1. The number of nitrogens with zero attached hydrogens (tertiary/aromatic N) is 2. The van der Waals surface area contributed by atoms with Crippen LogP contribution in [-0.4, -0.2) is 29.1 Å². The Kier molecular flexibility index (Phi) is 5.29. The van der Waals surface area contributed by atoms with Crippen molar-refractivity contribution >= 4 is 0 Å². The van der Waals surface area contributed by atoms with Crippen molar-refractivity contribution in [2.75, 3.05) is 13.1 Å². The molecule has 1 aromatic carbocycles. The van der Waals surface area contributed by atoms with Crippen LogP contribution >= 0.6 is 0 Å². The number of hydrogen-bond donors (Lipinski definition) is 0. The van der Waals surface area contributed by atoms with Gasteiger partial charge in [0.1, 0.15) is 11.9 Å². The monoisotopic (exact) mass is 310 g/mol. The van der Waals surface area contributed by atoms with Crippen LogP contribution in [0.5, 0.6) is 5.75 Å². The molecule has 23 heavy (non-hydrogen) atoms. The van der Waals surface area contributed by atoms with Crippen molar-refractivity contribution in [3.8, 4) is 5.75 Å². The van der Waals surface area contributed by atoms with Crippen LogP contribution in [0.3, 0.4) is 0 Å². The van der Waals surface area contributed by atoms with Gasteiger partial charge in [-0.1, -0.05) is 26.0 Å². The van der Waals surface area contributed by atoms with E-state index in [1.165, 1.54) is 11.1 Å². The number of rotatable bonds is 5. The minimum absolute atomic E-state index is 0.341.